The third-order valence-electron chi connectivity index (χ3n) is 3.63. The zero-order valence-electron chi connectivity index (χ0n) is 10.2. The molecule has 1 aliphatic rings. The minimum atomic E-state index is -0.0865. The first-order valence-corrected chi connectivity index (χ1v) is 6.45. The fraction of sp³-hybridized carbons (Fsp3) is 0.571. The maximum atomic E-state index is 13.5. The summed E-state index contributed by atoms with van der Waals surface area (Å²) in [6, 6.07) is 7.06. The number of nitrogens with zero attached hydrogens (tertiary/aromatic N) is 1. The molecule has 3 heteroatoms. The van der Waals surface area contributed by atoms with Crippen molar-refractivity contribution in [3.8, 4) is 0 Å². The van der Waals surface area contributed by atoms with Gasteiger partial charge in [-0.25, -0.2) is 4.39 Å². The molecule has 0 amide bonds. The van der Waals surface area contributed by atoms with Gasteiger partial charge in [0.1, 0.15) is 5.82 Å². The molecule has 2 nitrogen and oxygen atoms in total. The predicted molar refractivity (Wildman–Crippen MR) is 68.1 cm³/mol. The second-order valence-electron chi connectivity index (χ2n) is 4.89. The van der Waals surface area contributed by atoms with Crippen molar-refractivity contribution < 1.29 is 4.39 Å². The minimum absolute atomic E-state index is 0.0865. The zero-order valence-corrected chi connectivity index (χ0v) is 10.2. The highest BCUT2D eigenvalue weighted by atomic mass is 19.1. The fourth-order valence-electron chi connectivity index (χ4n) is 2.54. The smallest absolute Gasteiger partial charge is 0.127 e. The van der Waals surface area contributed by atoms with E-state index in [2.05, 4.69) is 4.90 Å². The van der Waals surface area contributed by atoms with E-state index in [0.717, 1.165) is 44.1 Å². The lowest BCUT2D eigenvalue weighted by molar-refractivity contribution is 0.172. The standard InChI is InChI=1S/C14H21FN2/c15-14-4-2-1-3-13(14)11-17-9-6-12(5-8-16)7-10-17/h1-4,12H,5-11,16H2. The van der Waals surface area contributed by atoms with Crippen LogP contribution in [0.1, 0.15) is 24.8 Å². The Kier molecular flexibility index (Phi) is 4.51. The van der Waals surface area contributed by atoms with E-state index >= 15 is 0 Å². The lowest BCUT2D eigenvalue weighted by Gasteiger charge is -2.31. The van der Waals surface area contributed by atoms with Crippen LogP contribution in [0.25, 0.3) is 0 Å². The van der Waals surface area contributed by atoms with E-state index in [1.54, 1.807) is 6.07 Å². The Morgan fingerprint density at radius 2 is 1.94 bits per heavy atom. The Labute approximate surface area is 103 Å². The summed E-state index contributed by atoms with van der Waals surface area (Å²) < 4.78 is 13.5. The summed E-state index contributed by atoms with van der Waals surface area (Å²) in [6.45, 7) is 3.66. The van der Waals surface area contributed by atoms with E-state index in [0.29, 0.717) is 0 Å². The number of likely N-dealkylation sites (tertiary alicyclic amines) is 1. The van der Waals surface area contributed by atoms with Crippen LogP contribution in [-0.4, -0.2) is 24.5 Å². The van der Waals surface area contributed by atoms with E-state index in [1.165, 1.54) is 18.9 Å². The number of rotatable bonds is 4. The van der Waals surface area contributed by atoms with Gasteiger partial charge in [0.15, 0.2) is 0 Å². The van der Waals surface area contributed by atoms with Gasteiger partial charge in [-0.3, -0.25) is 4.90 Å². The first-order valence-electron chi connectivity index (χ1n) is 6.45. The Morgan fingerprint density at radius 3 is 2.59 bits per heavy atom. The van der Waals surface area contributed by atoms with Gasteiger partial charge in [0.05, 0.1) is 0 Å². The van der Waals surface area contributed by atoms with Gasteiger partial charge >= 0.3 is 0 Å². The number of hydrogen-bond acceptors (Lipinski definition) is 2. The van der Waals surface area contributed by atoms with E-state index in [1.807, 2.05) is 12.1 Å². The van der Waals surface area contributed by atoms with Gasteiger partial charge < -0.3 is 5.73 Å². The molecule has 0 bridgehead atoms. The second kappa shape index (κ2) is 6.12. The molecular weight excluding hydrogens is 215 g/mol. The summed E-state index contributed by atoms with van der Waals surface area (Å²) in [5.74, 6) is 0.688. The number of halogens is 1. The molecule has 94 valence electrons. The first kappa shape index (κ1) is 12.5. The summed E-state index contributed by atoms with van der Waals surface area (Å²) in [6.07, 6.45) is 3.53. The van der Waals surface area contributed by atoms with E-state index in [-0.39, 0.29) is 5.82 Å². The van der Waals surface area contributed by atoms with Crippen LogP contribution >= 0.6 is 0 Å². The van der Waals surface area contributed by atoms with Crippen molar-refractivity contribution in [1.82, 2.24) is 4.90 Å². The summed E-state index contributed by atoms with van der Waals surface area (Å²) in [5.41, 5.74) is 6.38. The third-order valence-corrected chi connectivity index (χ3v) is 3.63. The van der Waals surface area contributed by atoms with Crippen molar-refractivity contribution in [1.29, 1.82) is 0 Å². The fourth-order valence-corrected chi connectivity index (χ4v) is 2.54. The SMILES string of the molecule is NCCC1CCN(Cc2ccccc2F)CC1. The van der Waals surface area contributed by atoms with Gasteiger partial charge in [0, 0.05) is 12.1 Å². The van der Waals surface area contributed by atoms with Gasteiger partial charge in [0.2, 0.25) is 0 Å². The normalized spacial score (nSPS) is 18.5. The molecule has 0 unspecified atom stereocenters. The number of nitrogens with two attached hydrogens (primary N) is 1. The highest BCUT2D eigenvalue weighted by Crippen LogP contribution is 2.21. The lowest BCUT2D eigenvalue weighted by atomic mass is 9.93. The molecule has 2 rings (SSSR count). The molecule has 0 atom stereocenters. The molecule has 1 saturated heterocycles. The predicted octanol–water partition coefficient (Wildman–Crippen LogP) is 2.39. The van der Waals surface area contributed by atoms with Crippen molar-refractivity contribution in [3.63, 3.8) is 0 Å². The monoisotopic (exact) mass is 236 g/mol. The molecule has 1 heterocycles. The van der Waals surface area contributed by atoms with Gasteiger partial charge in [-0.2, -0.15) is 0 Å². The van der Waals surface area contributed by atoms with Gasteiger partial charge in [-0.1, -0.05) is 18.2 Å². The molecule has 0 spiro atoms. The van der Waals surface area contributed by atoms with Crippen LogP contribution in [0.15, 0.2) is 24.3 Å². The molecule has 0 aromatic heterocycles. The highest BCUT2D eigenvalue weighted by Gasteiger charge is 2.19. The van der Waals surface area contributed by atoms with E-state index < -0.39 is 0 Å². The van der Waals surface area contributed by atoms with E-state index in [9.17, 15) is 4.39 Å². The Balaban J connectivity index is 1.84. The summed E-state index contributed by atoms with van der Waals surface area (Å²) >= 11 is 0. The molecule has 0 aliphatic carbocycles. The first-order chi connectivity index (χ1) is 8.29. The van der Waals surface area contributed by atoms with Crippen LogP contribution in [0, 0.1) is 11.7 Å². The molecule has 0 saturated carbocycles. The van der Waals surface area contributed by atoms with Gasteiger partial charge in [0.25, 0.3) is 0 Å². The largest absolute Gasteiger partial charge is 0.330 e. The quantitative estimate of drug-likeness (QED) is 0.869. The number of hydrogen-bond donors (Lipinski definition) is 1. The van der Waals surface area contributed by atoms with E-state index in [4.69, 9.17) is 5.73 Å². The maximum absolute atomic E-state index is 13.5. The molecule has 1 aromatic carbocycles. The van der Waals surface area contributed by atoms with Crippen molar-refractivity contribution in [3.05, 3.63) is 35.6 Å². The summed E-state index contributed by atoms with van der Waals surface area (Å²) in [4.78, 5) is 2.34. The van der Waals surface area contributed by atoms with Gasteiger partial charge in [-0.05, 0) is 50.9 Å². The average Bonchev–Trinajstić information content (AvgIpc) is 2.35. The van der Waals surface area contributed by atoms with Crippen LogP contribution in [-0.2, 0) is 6.54 Å². The highest BCUT2D eigenvalue weighted by molar-refractivity contribution is 5.17. The molecule has 1 aliphatic heterocycles. The lowest BCUT2D eigenvalue weighted by Crippen LogP contribution is -2.34. The van der Waals surface area contributed by atoms with Gasteiger partial charge in [-0.15, -0.1) is 0 Å². The van der Waals surface area contributed by atoms with Crippen LogP contribution in [0.5, 0.6) is 0 Å². The molecule has 1 aromatic rings. The van der Waals surface area contributed by atoms with Crippen molar-refractivity contribution in [2.24, 2.45) is 11.7 Å². The zero-order chi connectivity index (χ0) is 12.1. The molecule has 2 N–H and O–H groups in total. The number of benzene rings is 1. The average molecular weight is 236 g/mol. The maximum Gasteiger partial charge on any atom is 0.127 e. The molecule has 0 radical (unpaired) electrons. The topological polar surface area (TPSA) is 29.3 Å². The molecular formula is C14H21FN2. The minimum Gasteiger partial charge on any atom is -0.330 e. The number of piperidine rings is 1. The third kappa shape index (κ3) is 3.51. The summed E-state index contributed by atoms with van der Waals surface area (Å²) in [7, 11) is 0. The van der Waals surface area contributed by atoms with Crippen molar-refractivity contribution in [2.45, 2.75) is 25.8 Å². The van der Waals surface area contributed by atoms with Crippen molar-refractivity contribution in [2.75, 3.05) is 19.6 Å². The van der Waals surface area contributed by atoms with Crippen molar-refractivity contribution >= 4 is 0 Å². The molecule has 1 fully saturated rings. The molecule has 17 heavy (non-hydrogen) atoms. The van der Waals surface area contributed by atoms with Crippen LogP contribution in [0.4, 0.5) is 4.39 Å². The summed E-state index contributed by atoms with van der Waals surface area (Å²) in [5, 5.41) is 0. The Morgan fingerprint density at radius 1 is 1.24 bits per heavy atom. The second-order valence-corrected chi connectivity index (χ2v) is 4.89. The van der Waals surface area contributed by atoms with Crippen LogP contribution in [0.2, 0.25) is 0 Å². The Bertz CT molecular complexity index is 346. The van der Waals surface area contributed by atoms with Crippen LogP contribution < -0.4 is 5.73 Å². The Hall–Kier alpha value is -0.930. The van der Waals surface area contributed by atoms with Crippen LogP contribution in [0.3, 0.4) is 0 Å².